The molecule has 1 aromatic carbocycles. The monoisotopic (exact) mass is 233 g/mol. The molecule has 1 amide bonds. The molecular weight excluding hydrogens is 214 g/mol. The third-order valence-electron chi connectivity index (χ3n) is 3.57. The lowest BCUT2D eigenvalue weighted by atomic mass is 10.1. The van der Waals surface area contributed by atoms with Gasteiger partial charge in [0.1, 0.15) is 6.04 Å². The molecule has 2 rings (SSSR count). The lowest BCUT2D eigenvalue weighted by Crippen LogP contribution is -2.27. The Hall–Kier alpha value is -1.55. The molecule has 1 aliphatic rings. The minimum atomic E-state index is -0.520. The zero-order valence-electron chi connectivity index (χ0n) is 10.5. The second-order valence-electron chi connectivity index (χ2n) is 4.61. The fourth-order valence-electron chi connectivity index (χ4n) is 2.02. The van der Waals surface area contributed by atoms with Crippen molar-refractivity contribution in [2.75, 3.05) is 17.3 Å². The minimum Gasteiger partial charge on any atom is -0.372 e. The van der Waals surface area contributed by atoms with Gasteiger partial charge in [0, 0.05) is 30.0 Å². The molecule has 4 nitrogen and oxygen atoms in total. The molecule has 0 saturated carbocycles. The summed E-state index contributed by atoms with van der Waals surface area (Å²) >= 11 is 0. The maximum atomic E-state index is 11.5. The SMILES string of the molecule is CCC(C)N(C)c1ccc2c(c1)NC(=O)C2N. The van der Waals surface area contributed by atoms with Crippen LogP contribution in [0.2, 0.25) is 0 Å². The Morgan fingerprint density at radius 2 is 2.24 bits per heavy atom. The van der Waals surface area contributed by atoms with Crippen LogP contribution in [0.15, 0.2) is 18.2 Å². The zero-order chi connectivity index (χ0) is 12.6. The van der Waals surface area contributed by atoms with Gasteiger partial charge >= 0.3 is 0 Å². The smallest absolute Gasteiger partial charge is 0.245 e. The number of carbonyl (C=O) groups is 1. The van der Waals surface area contributed by atoms with Gasteiger partial charge in [-0.15, -0.1) is 0 Å². The molecule has 2 atom stereocenters. The van der Waals surface area contributed by atoms with Crippen LogP contribution in [-0.4, -0.2) is 19.0 Å². The van der Waals surface area contributed by atoms with Crippen LogP contribution in [0.1, 0.15) is 31.9 Å². The molecule has 0 aromatic heterocycles. The average molecular weight is 233 g/mol. The van der Waals surface area contributed by atoms with E-state index in [-0.39, 0.29) is 5.91 Å². The summed E-state index contributed by atoms with van der Waals surface area (Å²) in [4.78, 5) is 13.7. The fourth-order valence-corrected chi connectivity index (χ4v) is 2.02. The molecule has 0 radical (unpaired) electrons. The number of hydrogen-bond donors (Lipinski definition) is 2. The van der Waals surface area contributed by atoms with Gasteiger partial charge in [-0.2, -0.15) is 0 Å². The van der Waals surface area contributed by atoms with Crippen LogP contribution in [0.25, 0.3) is 0 Å². The van der Waals surface area contributed by atoms with E-state index in [9.17, 15) is 4.79 Å². The molecular formula is C13H19N3O. The van der Waals surface area contributed by atoms with E-state index in [1.54, 1.807) is 0 Å². The number of nitrogens with one attached hydrogen (secondary N) is 1. The summed E-state index contributed by atoms with van der Waals surface area (Å²) in [6.45, 7) is 4.34. The summed E-state index contributed by atoms with van der Waals surface area (Å²) in [5.41, 5.74) is 8.61. The molecule has 1 heterocycles. The van der Waals surface area contributed by atoms with Crippen LogP contribution in [0.3, 0.4) is 0 Å². The Labute approximate surface area is 102 Å². The molecule has 1 aliphatic heterocycles. The van der Waals surface area contributed by atoms with Gasteiger partial charge in [-0.05, 0) is 25.5 Å². The van der Waals surface area contributed by atoms with E-state index in [0.29, 0.717) is 6.04 Å². The van der Waals surface area contributed by atoms with Crippen molar-refractivity contribution in [3.8, 4) is 0 Å². The Balaban J connectivity index is 2.30. The zero-order valence-corrected chi connectivity index (χ0v) is 10.5. The average Bonchev–Trinajstić information content (AvgIpc) is 2.62. The molecule has 17 heavy (non-hydrogen) atoms. The van der Waals surface area contributed by atoms with Crippen molar-refractivity contribution < 1.29 is 4.79 Å². The van der Waals surface area contributed by atoms with Gasteiger partial charge in [0.05, 0.1) is 0 Å². The summed E-state index contributed by atoms with van der Waals surface area (Å²) in [7, 11) is 2.06. The first-order chi connectivity index (χ1) is 8.04. The van der Waals surface area contributed by atoms with E-state index in [1.807, 2.05) is 18.2 Å². The van der Waals surface area contributed by atoms with Crippen LogP contribution in [0.4, 0.5) is 11.4 Å². The number of rotatable bonds is 3. The first kappa shape index (κ1) is 11.9. The van der Waals surface area contributed by atoms with Crippen LogP contribution in [0.5, 0.6) is 0 Å². The predicted molar refractivity (Wildman–Crippen MR) is 70.2 cm³/mol. The molecule has 3 N–H and O–H groups in total. The van der Waals surface area contributed by atoms with Crippen molar-refractivity contribution in [2.45, 2.75) is 32.4 Å². The maximum Gasteiger partial charge on any atom is 0.245 e. The van der Waals surface area contributed by atoms with Gasteiger partial charge in [0.15, 0.2) is 0 Å². The van der Waals surface area contributed by atoms with E-state index >= 15 is 0 Å². The van der Waals surface area contributed by atoms with Crippen LogP contribution in [-0.2, 0) is 4.79 Å². The lowest BCUT2D eigenvalue weighted by Gasteiger charge is -2.26. The molecule has 0 bridgehead atoms. The van der Waals surface area contributed by atoms with E-state index in [1.165, 1.54) is 0 Å². The molecule has 0 fully saturated rings. The third-order valence-corrected chi connectivity index (χ3v) is 3.57. The molecule has 0 aliphatic carbocycles. The van der Waals surface area contributed by atoms with Crippen molar-refractivity contribution in [3.63, 3.8) is 0 Å². The Morgan fingerprint density at radius 1 is 1.53 bits per heavy atom. The second kappa shape index (κ2) is 4.37. The molecule has 0 saturated heterocycles. The first-order valence-electron chi connectivity index (χ1n) is 5.97. The molecule has 92 valence electrons. The third kappa shape index (κ3) is 2.00. The molecule has 4 heteroatoms. The van der Waals surface area contributed by atoms with Gasteiger partial charge < -0.3 is 16.0 Å². The summed E-state index contributed by atoms with van der Waals surface area (Å²) in [5.74, 6) is -0.122. The standard InChI is InChI=1S/C13H19N3O/c1-4-8(2)16(3)9-5-6-10-11(7-9)15-13(17)12(10)14/h5-8,12H,4,14H2,1-3H3,(H,15,17). The highest BCUT2D eigenvalue weighted by Crippen LogP contribution is 2.33. The van der Waals surface area contributed by atoms with Crippen molar-refractivity contribution in [1.29, 1.82) is 0 Å². The number of nitrogens with two attached hydrogens (primary N) is 1. The molecule has 1 aromatic rings. The van der Waals surface area contributed by atoms with Gasteiger partial charge in [0.2, 0.25) is 5.91 Å². The summed E-state index contributed by atoms with van der Waals surface area (Å²) in [6, 6.07) is 5.90. The van der Waals surface area contributed by atoms with E-state index in [2.05, 4.69) is 31.1 Å². The number of carbonyl (C=O) groups excluding carboxylic acids is 1. The number of benzene rings is 1. The molecule has 2 unspecified atom stereocenters. The molecule has 0 spiro atoms. The Bertz CT molecular complexity index is 444. The number of hydrogen-bond acceptors (Lipinski definition) is 3. The number of nitrogens with zero attached hydrogens (tertiary/aromatic N) is 1. The normalized spacial score (nSPS) is 19.8. The van der Waals surface area contributed by atoms with Crippen molar-refractivity contribution in [3.05, 3.63) is 23.8 Å². The number of anilines is 2. The van der Waals surface area contributed by atoms with Gasteiger partial charge in [-0.3, -0.25) is 4.79 Å². The summed E-state index contributed by atoms with van der Waals surface area (Å²) < 4.78 is 0. The topological polar surface area (TPSA) is 58.4 Å². The highest BCUT2D eigenvalue weighted by molar-refractivity contribution is 6.02. The first-order valence-corrected chi connectivity index (χ1v) is 5.97. The largest absolute Gasteiger partial charge is 0.372 e. The van der Waals surface area contributed by atoms with Crippen LogP contribution < -0.4 is 16.0 Å². The van der Waals surface area contributed by atoms with Crippen molar-refractivity contribution in [1.82, 2.24) is 0 Å². The fraction of sp³-hybridized carbons (Fsp3) is 0.462. The van der Waals surface area contributed by atoms with E-state index in [4.69, 9.17) is 5.73 Å². The Morgan fingerprint density at radius 3 is 2.88 bits per heavy atom. The number of amides is 1. The lowest BCUT2D eigenvalue weighted by molar-refractivity contribution is -0.116. The van der Waals surface area contributed by atoms with Gasteiger partial charge in [0.25, 0.3) is 0 Å². The predicted octanol–water partition coefficient (Wildman–Crippen LogP) is 1.87. The quantitative estimate of drug-likeness (QED) is 0.838. The minimum absolute atomic E-state index is 0.122. The van der Waals surface area contributed by atoms with Crippen LogP contribution in [0, 0.1) is 0 Å². The van der Waals surface area contributed by atoms with Crippen molar-refractivity contribution in [2.24, 2.45) is 5.73 Å². The van der Waals surface area contributed by atoms with Gasteiger partial charge in [-0.1, -0.05) is 13.0 Å². The van der Waals surface area contributed by atoms with Crippen molar-refractivity contribution >= 4 is 17.3 Å². The summed E-state index contributed by atoms with van der Waals surface area (Å²) in [5, 5.41) is 2.81. The second-order valence-corrected chi connectivity index (χ2v) is 4.61. The van der Waals surface area contributed by atoms with Crippen LogP contribution >= 0.6 is 0 Å². The highest BCUT2D eigenvalue weighted by atomic mass is 16.2. The van der Waals surface area contributed by atoms with E-state index in [0.717, 1.165) is 23.4 Å². The maximum absolute atomic E-state index is 11.5. The summed E-state index contributed by atoms with van der Waals surface area (Å²) in [6.07, 6.45) is 1.08. The highest BCUT2D eigenvalue weighted by Gasteiger charge is 2.27. The van der Waals surface area contributed by atoms with E-state index < -0.39 is 6.04 Å². The van der Waals surface area contributed by atoms with Gasteiger partial charge in [-0.25, -0.2) is 0 Å². The Kier molecular flexibility index (Phi) is 3.07. The number of fused-ring (bicyclic) bond motifs is 1.